The van der Waals surface area contributed by atoms with Crippen LogP contribution in [-0.4, -0.2) is 35.0 Å². The van der Waals surface area contributed by atoms with E-state index in [0.717, 1.165) is 18.0 Å². The molecule has 3 aromatic rings. The lowest BCUT2D eigenvalue weighted by Crippen LogP contribution is -2.40. The zero-order valence-electron chi connectivity index (χ0n) is 19.1. The average molecular weight is 468 g/mol. The van der Waals surface area contributed by atoms with Gasteiger partial charge in [0.25, 0.3) is 5.91 Å². The normalized spacial score (nSPS) is 23.2. The minimum absolute atomic E-state index is 0.0824. The molecule has 33 heavy (non-hydrogen) atoms. The summed E-state index contributed by atoms with van der Waals surface area (Å²) in [5.41, 5.74) is 3.11. The van der Waals surface area contributed by atoms with Crippen molar-refractivity contribution in [2.45, 2.75) is 57.4 Å². The van der Waals surface area contributed by atoms with E-state index < -0.39 is 10.0 Å². The highest BCUT2D eigenvalue weighted by Crippen LogP contribution is 2.49. The van der Waals surface area contributed by atoms with Crippen molar-refractivity contribution in [3.05, 3.63) is 53.5 Å². The van der Waals surface area contributed by atoms with Crippen LogP contribution in [0, 0.1) is 31.6 Å². The van der Waals surface area contributed by atoms with Gasteiger partial charge in [0, 0.05) is 24.0 Å². The van der Waals surface area contributed by atoms with Crippen LogP contribution in [0.1, 0.15) is 54.4 Å². The van der Waals surface area contributed by atoms with Gasteiger partial charge in [-0.3, -0.25) is 4.79 Å². The first-order valence-electron chi connectivity index (χ1n) is 11.5. The highest BCUT2D eigenvalue weighted by Gasteiger charge is 2.42. The number of fused-ring (bicyclic) bond motifs is 3. The van der Waals surface area contributed by atoms with Gasteiger partial charge in [0.2, 0.25) is 10.0 Å². The summed E-state index contributed by atoms with van der Waals surface area (Å²) in [4.78, 5) is 17.3. The van der Waals surface area contributed by atoms with Crippen LogP contribution in [0.4, 0.5) is 5.69 Å². The van der Waals surface area contributed by atoms with E-state index in [-0.39, 0.29) is 16.8 Å². The van der Waals surface area contributed by atoms with Crippen molar-refractivity contribution < 1.29 is 13.2 Å². The van der Waals surface area contributed by atoms with E-state index in [1.165, 1.54) is 37.6 Å². The number of nitrogens with zero attached hydrogens (tertiary/aromatic N) is 3. The highest BCUT2D eigenvalue weighted by molar-refractivity contribution is 7.89. The molecule has 0 spiro atoms. The van der Waals surface area contributed by atoms with E-state index in [0.29, 0.717) is 34.4 Å². The molecular formula is C24H29N5O3S. The number of amides is 1. The van der Waals surface area contributed by atoms with Gasteiger partial charge in [-0.2, -0.15) is 5.10 Å². The van der Waals surface area contributed by atoms with Gasteiger partial charge in [-0.1, -0.05) is 6.42 Å². The molecule has 0 aliphatic heterocycles. The molecule has 9 heteroatoms. The van der Waals surface area contributed by atoms with E-state index in [1.807, 2.05) is 26.8 Å². The smallest absolute Gasteiger partial charge is 0.259 e. The summed E-state index contributed by atoms with van der Waals surface area (Å²) in [6.07, 6.45) is 6.40. The maximum atomic E-state index is 12.9. The Labute approximate surface area is 193 Å². The molecule has 2 saturated carbocycles. The van der Waals surface area contributed by atoms with Gasteiger partial charge in [-0.05, 0) is 82.1 Å². The van der Waals surface area contributed by atoms with Crippen molar-refractivity contribution in [3.63, 3.8) is 0 Å². The Morgan fingerprint density at radius 1 is 1.15 bits per heavy atom. The summed E-state index contributed by atoms with van der Waals surface area (Å²) in [5, 5.41) is 7.18. The summed E-state index contributed by atoms with van der Waals surface area (Å²) in [7, 11) is -3.62. The van der Waals surface area contributed by atoms with Gasteiger partial charge in [-0.25, -0.2) is 22.6 Å². The molecule has 0 saturated heterocycles. The van der Waals surface area contributed by atoms with Gasteiger partial charge < -0.3 is 5.32 Å². The molecule has 2 aliphatic carbocycles. The molecule has 174 valence electrons. The third-order valence-corrected chi connectivity index (χ3v) is 8.86. The van der Waals surface area contributed by atoms with Crippen molar-refractivity contribution in [3.8, 4) is 0 Å². The molecule has 1 amide bonds. The lowest BCUT2D eigenvalue weighted by atomic mass is 9.84. The molecule has 1 aromatic carbocycles. The van der Waals surface area contributed by atoms with Gasteiger partial charge in [0.15, 0.2) is 5.65 Å². The maximum absolute atomic E-state index is 12.9. The van der Waals surface area contributed by atoms with Crippen LogP contribution in [0.25, 0.3) is 5.65 Å². The fourth-order valence-corrected chi connectivity index (χ4v) is 6.90. The number of sulfonamides is 1. The first-order valence-corrected chi connectivity index (χ1v) is 13.0. The van der Waals surface area contributed by atoms with E-state index in [2.05, 4.69) is 20.1 Å². The van der Waals surface area contributed by atoms with Crippen molar-refractivity contribution in [1.82, 2.24) is 19.3 Å². The Hall–Kier alpha value is -2.78. The number of carbonyl (C=O) groups is 1. The van der Waals surface area contributed by atoms with E-state index >= 15 is 0 Å². The SMILES string of the molecule is Cc1cc2ncc(C(=O)Nc3ccc(S(=O)(=O)NC(C)C4CC5CCC4C5)cc3)c(C)n2n1. The first-order chi connectivity index (χ1) is 15.7. The zero-order chi connectivity index (χ0) is 23.3. The number of benzene rings is 1. The van der Waals surface area contributed by atoms with Crippen LogP contribution in [0.2, 0.25) is 0 Å². The summed E-state index contributed by atoms with van der Waals surface area (Å²) >= 11 is 0. The standard InChI is InChI=1S/C24H29N5O3S/c1-14-10-23-25-13-22(16(3)29(23)27-14)24(30)26-19-6-8-20(9-7-19)33(31,32)28-15(2)21-12-17-4-5-18(21)11-17/h6-10,13,15,17-18,21,28H,4-5,11-12H2,1-3H3,(H,26,30). The number of rotatable bonds is 6. The van der Waals surface area contributed by atoms with E-state index in [1.54, 1.807) is 16.6 Å². The van der Waals surface area contributed by atoms with Gasteiger partial charge >= 0.3 is 0 Å². The maximum Gasteiger partial charge on any atom is 0.259 e. The minimum Gasteiger partial charge on any atom is -0.322 e. The number of hydrogen-bond donors (Lipinski definition) is 2. The highest BCUT2D eigenvalue weighted by atomic mass is 32.2. The molecule has 4 unspecified atom stereocenters. The van der Waals surface area contributed by atoms with Gasteiger partial charge in [0.1, 0.15) is 0 Å². The molecular weight excluding hydrogens is 438 g/mol. The van der Waals surface area contributed by atoms with E-state index in [9.17, 15) is 13.2 Å². The quantitative estimate of drug-likeness (QED) is 0.575. The minimum atomic E-state index is -3.62. The van der Waals surface area contributed by atoms with Crippen LogP contribution < -0.4 is 10.0 Å². The van der Waals surface area contributed by atoms with Crippen LogP contribution in [0.3, 0.4) is 0 Å². The number of aryl methyl sites for hydroxylation is 2. The van der Waals surface area contributed by atoms with Crippen LogP contribution in [-0.2, 0) is 10.0 Å². The Balaban J connectivity index is 1.27. The second-order valence-corrected chi connectivity index (χ2v) is 11.3. The molecule has 5 rings (SSSR count). The van der Waals surface area contributed by atoms with Crippen molar-refractivity contribution in [1.29, 1.82) is 0 Å². The molecule has 0 radical (unpaired) electrons. The monoisotopic (exact) mass is 467 g/mol. The molecule has 2 fully saturated rings. The second kappa shape index (κ2) is 8.22. The molecule has 4 atom stereocenters. The Morgan fingerprint density at radius 2 is 1.91 bits per heavy atom. The Kier molecular flexibility index (Phi) is 5.49. The van der Waals surface area contributed by atoms with Crippen LogP contribution >= 0.6 is 0 Å². The average Bonchev–Trinajstić information content (AvgIpc) is 3.49. The molecule has 2 N–H and O–H groups in total. The third kappa shape index (κ3) is 4.15. The topological polar surface area (TPSA) is 105 Å². The molecule has 8 nitrogen and oxygen atoms in total. The van der Waals surface area contributed by atoms with Crippen molar-refractivity contribution in [2.75, 3.05) is 5.32 Å². The summed E-state index contributed by atoms with van der Waals surface area (Å²) < 4.78 is 30.4. The lowest BCUT2D eigenvalue weighted by molar-refractivity contribution is 0.102. The van der Waals surface area contributed by atoms with Crippen molar-refractivity contribution >= 4 is 27.3 Å². The number of hydrogen-bond acceptors (Lipinski definition) is 5. The number of aromatic nitrogens is 3. The lowest BCUT2D eigenvalue weighted by Gasteiger charge is -2.28. The first kappa shape index (κ1) is 22.0. The predicted molar refractivity (Wildman–Crippen MR) is 126 cm³/mol. The Bertz CT molecular complexity index is 1320. The fourth-order valence-electron chi connectivity index (χ4n) is 5.61. The second-order valence-electron chi connectivity index (χ2n) is 9.54. The number of anilines is 1. The third-order valence-electron chi connectivity index (χ3n) is 7.29. The van der Waals surface area contributed by atoms with Crippen LogP contribution in [0.15, 0.2) is 41.4 Å². The molecule has 2 heterocycles. The number of nitrogens with one attached hydrogen (secondary N) is 2. The van der Waals surface area contributed by atoms with Gasteiger partial charge in [-0.15, -0.1) is 0 Å². The van der Waals surface area contributed by atoms with E-state index in [4.69, 9.17) is 0 Å². The number of carbonyl (C=O) groups excluding carboxylic acids is 1. The zero-order valence-corrected chi connectivity index (χ0v) is 19.9. The summed E-state index contributed by atoms with van der Waals surface area (Å²) in [6, 6.07) is 8.02. The summed E-state index contributed by atoms with van der Waals surface area (Å²) in [5.74, 6) is 1.51. The molecule has 2 bridgehead atoms. The fraction of sp³-hybridized carbons (Fsp3) is 0.458. The largest absolute Gasteiger partial charge is 0.322 e. The van der Waals surface area contributed by atoms with Gasteiger partial charge in [0.05, 0.1) is 21.8 Å². The predicted octanol–water partition coefficient (Wildman–Crippen LogP) is 3.70. The van der Waals surface area contributed by atoms with Crippen molar-refractivity contribution in [2.24, 2.45) is 17.8 Å². The molecule has 2 aromatic heterocycles. The Morgan fingerprint density at radius 3 is 2.58 bits per heavy atom. The summed E-state index contributed by atoms with van der Waals surface area (Å²) in [6.45, 7) is 5.66. The molecule has 2 aliphatic rings. The van der Waals surface area contributed by atoms with Crippen LogP contribution in [0.5, 0.6) is 0 Å².